The van der Waals surface area contributed by atoms with Crippen molar-refractivity contribution in [3.63, 3.8) is 0 Å². The lowest BCUT2D eigenvalue weighted by atomic mass is 10.1. The van der Waals surface area contributed by atoms with Gasteiger partial charge < -0.3 is 9.80 Å². The van der Waals surface area contributed by atoms with Gasteiger partial charge in [0.2, 0.25) is 11.9 Å². The number of carbonyl (C=O) groups is 1. The van der Waals surface area contributed by atoms with Crippen LogP contribution in [0, 0.1) is 0 Å². The van der Waals surface area contributed by atoms with Crippen molar-refractivity contribution in [2.45, 2.75) is 25.6 Å². The average molecular weight is 363 g/mol. The molecule has 8 heteroatoms. The normalized spacial score (nSPS) is 16.0. The Balaban J connectivity index is 1.48. The molecule has 0 radical (unpaired) electrons. The van der Waals surface area contributed by atoms with Crippen molar-refractivity contribution >= 4 is 11.9 Å². The molecule has 27 heavy (non-hydrogen) atoms. The van der Waals surface area contributed by atoms with Gasteiger partial charge in [-0.2, -0.15) is 5.10 Å². The lowest BCUT2D eigenvalue weighted by molar-refractivity contribution is -0.131. The van der Waals surface area contributed by atoms with Gasteiger partial charge in [0.05, 0.1) is 36.9 Å². The molecule has 0 N–H and O–H groups in total. The number of hydrogen-bond acceptors (Lipinski definition) is 6. The summed E-state index contributed by atoms with van der Waals surface area (Å²) in [5.74, 6) is 0.729. The van der Waals surface area contributed by atoms with E-state index in [0.29, 0.717) is 32.0 Å². The molecule has 3 aromatic rings. The fourth-order valence-corrected chi connectivity index (χ4v) is 3.33. The molecule has 4 heterocycles. The summed E-state index contributed by atoms with van der Waals surface area (Å²) < 4.78 is 1.95. The highest BCUT2D eigenvalue weighted by Crippen LogP contribution is 2.26. The number of aromatic nitrogens is 5. The SMILES string of the molecule is CN(Cc1ccccn1)C(=O)CC1CN(c2ncccn2)Cc2ccnn21. The molecule has 8 nitrogen and oxygen atoms in total. The van der Waals surface area contributed by atoms with Crippen molar-refractivity contribution in [2.75, 3.05) is 18.5 Å². The Morgan fingerprint density at radius 1 is 1.11 bits per heavy atom. The van der Waals surface area contributed by atoms with Crippen molar-refractivity contribution in [3.05, 3.63) is 66.5 Å². The number of rotatable bonds is 5. The predicted molar refractivity (Wildman–Crippen MR) is 99.7 cm³/mol. The summed E-state index contributed by atoms with van der Waals surface area (Å²) >= 11 is 0. The predicted octanol–water partition coefficient (Wildman–Crippen LogP) is 1.68. The maximum Gasteiger partial charge on any atom is 0.225 e. The number of nitrogens with zero attached hydrogens (tertiary/aromatic N) is 7. The Morgan fingerprint density at radius 3 is 2.70 bits per heavy atom. The number of amides is 1. The van der Waals surface area contributed by atoms with E-state index in [1.165, 1.54) is 0 Å². The summed E-state index contributed by atoms with van der Waals surface area (Å²) in [5, 5.41) is 4.43. The molecule has 1 aliphatic rings. The third-order valence-corrected chi connectivity index (χ3v) is 4.68. The van der Waals surface area contributed by atoms with Crippen LogP contribution in [0.25, 0.3) is 0 Å². The zero-order chi connectivity index (χ0) is 18.6. The van der Waals surface area contributed by atoms with Gasteiger partial charge in [-0.1, -0.05) is 6.07 Å². The van der Waals surface area contributed by atoms with Crippen LogP contribution < -0.4 is 4.90 Å². The van der Waals surface area contributed by atoms with E-state index in [1.807, 2.05) is 36.0 Å². The van der Waals surface area contributed by atoms with Crippen LogP contribution in [0.2, 0.25) is 0 Å². The molecule has 0 saturated carbocycles. The molecule has 0 aliphatic carbocycles. The van der Waals surface area contributed by atoms with Gasteiger partial charge in [-0.05, 0) is 24.3 Å². The minimum atomic E-state index is -0.0637. The van der Waals surface area contributed by atoms with Gasteiger partial charge in [0, 0.05) is 38.4 Å². The third-order valence-electron chi connectivity index (χ3n) is 4.68. The fourth-order valence-electron chi connectivity index (χ4n) is 3.33. The van der Waals surface area contributed by atoms with Gasteiger partial charge in [-0.3, -0.25) is 14.5 Å². The molecular weight excluding hydrogens is 342 g/mol. The molecule has 4 rings (SSSR count). The second-order valence-corrected chi connectivity index (χ2v) is 6.63. The van der Waals surface area contributed by atoms with Crippen LogP contribution >= 0.6 is 0 Å². The maximum absolute atomic E-state index is 12.8. The molecule has 1 aliphatic heterocycles. The molecule has 138 valence electrons. The van der Waals surface area contributed by atoms with E-state index in [2.05, 4.69) is 25.0 Å². The standard InChI is InChI=1S/C19H21N7O/c1-24(12-15-5-2-3-7-20-15)18(27)11-17-14-25(19-21-8-4-9-22-19)13-16-6-10-23-26(16)17/h2-10,17H,11-14H2,1H3. The first kappa shape index (κ1) is 17.1. The molecule has 1 amide bonds. The Labute approximate surface area is 157 Å². The lowest BCUT2D eigenvalue weighted by Gasteiger charge is -2.34. The highest BCUT2D eigenvalue weighted by molar-refractivity contribution is 5.76. The fraction of sp³-hybridized carbons (Fsp3) is 0.316. The first-order valence-electron chi connectivity index (χ1n) is 8.89. The highest BCUT2D eigenvalue weighted by atomic mass is 16.2. The van der Waals surface area contributed by atoms with Crippen molar-refractivity contribution < 1.29 is 4.79 Å². The van der Waals surface area contributed by atoms with Crippen LogP contribution in [-0.4, -0.2) is 49.1 Å². The van der Waals surface area contributed by atoms with Crippen molar-refractivity contribution in [2.24, 2.45) is 0 Å². The summed E-state index contributed by atoms with van der Waals surface area (Å²) in [6.45, 7) is 1.81. The zero-order valence-electron chi connectivity index (χ0n) is 15.1. The highest BCUT2D eigenvalue weighted by Gasteiger charge is 2.29. The summed E-state index contributed by atoms with van der Waals surface area (Å²) in [5.41, 5.74) is 1.93. The summed E-state index contributed by atoms with van der Waals surface area (Å²) in [7, 11) is 1.81. The van der Waals surface area contributed by atoms with Crippen LogP contribution in [0.4, 0.5) is 5.95 Å². The number of anilines is 1. The topological polar surface area (TPSA) is 80.0 Å². The largest absolute Gasteiger partial charge is 0.340 e. The lowest BCUT2D eigenvalue weighted by Crippen LogP contribution is -2.41. The third kappa shape index (κ3) is 3.79. The molecule has 1 atom stereocenters. The maximum atomic E-state index is 12.8. The summed E-state index contributed by atoms with van der Waals surface area (Å²) in [4.78, 5) is 29.6. The Kier molecular flexibility index (Phi) is 4.78. The van der Waals surface area contributed by atoms with Crippen LogP contribution in [-0.2, 0) is 17.9 Å². The van der Waals surface area contributed by atoms with Gasteiger partial charge >= 0.3 is 0 Å². The Hall–Kier alpha value is -3.29. The van der Waals surface area contributed by atoms with Gasteiger partial charge in [-0.25, -0.2) is 9.97 Å². The molecule has 3 aromatic heterocycles. The van der Waals surface area contributed by atoms with Gasteiger partial charge in [0.25, 0.3) is 0 Å². The first-order valence-corrected chi connectivity index (χ1v) is 8.89. The van der Waals surface area contributed by atoms with Crippen LogP contribution in [0.15, 0.2) is 55.1 Å². The molecule has 1 unspecified atom stereocenters. The van der Waals surface area contributed by atoms with E-state index < -0.39 is 0 Å². The summed E-state index contributed by atoms with van der Waals surface area (Å²) in [6, 6.07) is 9.42. The van der Waals surface area contributed by atoms with Crippen molar-refractivity contribution in [1.29, 1.82) is 0 Å². The molecule has 0 aromatic carbocycles. The number of pyridine rings is 1. The van der Waals surface area contributed by atoms with Gasteiger partial charge in [0.15, 0.2) is 0 Å². The van der Waals surface area contributed by atoms with Crippen LogP contribution in [0.5, 0.6) is 0 Å². The van der Waals surface area contributed by atoms with Gasteiger partial charge in [0.1, 0.15) is 0 Å². The van der Waals surface area contributed by atoms with Crippen molar-refractivity contribution in [3.8, 4) is 0 Å². The second kappa shape index (κ2) is 7.53. The number of carbonyl (C=O) groups excluding carboxylic acids is 1. The van der Waals surface area contributed by atoms with E-state index in [9.17, 15) is 4.79 Å². The first-order chi connectivity index (χ1) is 13.2. The van der Waals surface area contributed by atoms with E-state index in [4.69, 9.17) is 0 Å². The second-order valence-electron chi connectivity index (χ2n) is 6.63. The quantitative estimate of drug-likeness (QED) is 0.686. The minimum absolute atomic E-state index is 0.0583. The monoisotopic (exact) mass is 363 g/mol. The Morgan fingerprint density at radius 2 is 1.93 bits per heavy atom. The minimum Gasteiger partial charge on any atom is -0.340 e. The van der Waals surface area contributed by atoms with E-state index >= 15 is 0 Å². The van der Waals surface area contributed by atoms with Crippen LogP contribution in [0.1, 0.15) is 23.9 Å². The van der Waals surface area contributed by atoms with Crippen LogP contribution in [0.3, 0.4) is 0 Å². The van der Waals surface area contributed by atoms with E-state index in [1.54, 1.807) is 35.8 Å². The van der Waals surface area contributed by atoms with Gasteiger partial charge in [-0.15, -0.1) is 0 Å². The smallest absolute Gasteiger partial charge is 0.225 e. The van der Waals surface area contributed by atoms with Crippen molar-refractivity contribution in [1.82, 2.24) is 29.6 Å². The Bertz CT molecular complexity index is 897. The van der Waals surface area contributed by atoms with E-state index in [0.717, 1.165) is 11.4 Å². The average Bonchev–Trinajstić information content (AvgIpc) is 3.18. The molecule has 0 fully saturated rings. The molecule has 0 saturated heterocycles. The molecular formula is C19H21N7O. The molecule has 0 bridgehead atoms. The summed E-state index contributed by atoms with van der Waals surface area (Å²) in [6.07, 6.45) is 7.34. The van der Waals surface area contributed by atoms with E-state index in [-0.39, 0.29) is 11.9 Å². The number of hydrogen-bond donors (Lipinski definition) is 0. The molecule has 0 spiro atoms. The number of fused-ring (bicyclic) bond motifs is 1. The zero-order valence-corrected chi connectivity index (χ0v) is 15.1.